The minimum Gasteiger partial charge on any atom is -0.325 e. The highest BCUT2D eigenvalue weighted by Crippen LogP contribution is 2.41. The molecular weight excluding hydrogens is 318 g/mol. The van der Waals surface area contributed by atoms with Gasteiger partial charge < -0.3 is 10.6 Å². The van der Waals surface area contributed by atoms with Crippen molar-refractivity contribution in [1.82, 2.24) is 9.78 Å². The fourth-order valence-electron chi connectivity index (χ4n) is 2.72. The Kier molecular flexibility index (Phi) is 4.52. The molecule has 0 spiro atoms. The van der Waals surface area contributed by atoms with Crippen molar-refractivity contribution in [2.75, 3.05) is 10.6 Å². The molecule has 1 heterocycles. The van der Waals surface area contributed by atoms with Crippen LogP contribution in [0.15, 0.2) is 42.7 Å². The predicted molar refractivity (Wildman–Crippen MR) is 92.5 cm³/mol. The molecule has 2 N–H and O–H groups in total. The Bertz CT molecular complexity index is 818. The highest BCUT2D eigenvalue weighted by atomic mass is 16.2. The molecule has 1 aromatic heterocycles. The van der Waals surface area contributed by atoms with Gasteiger partial charge in [-0.05, 0) is 50.5 Å². The average Bonchev–Trinajstić information content (AvgIpc) is 3.08. The first-order chi connectivity index (χ1) is 12.0. The monoisotopic (exact) mass is 337 g/mol. The molecule has 7 nitrogen and oxygen atoms in total. The second-order valence-corrected chi connectivity index (χ2v) is 6.23. The van der Waals surface area contributed by atoms with Crippen LogP contribution in [0.4, 0.5) is 11.4 Å². The van der Waals surface area contributed by atoms with Crippen LogP contribution in [-0.2, 0) is 9.59 Å². The van der Waals surface area contributed by atoms with Crippen molar-refractivity contribution >= 4 is 23.2 Å². The Morgan fingerprint density at radius 3 is 2.56 bits per heavy atom. The number of hydrogen-bond donors (Lipinski definition) is 2. The van der Waals surface area contributed by atoms with E-state index in [1.54, 1.807) is 54.3 Å². The van der Waals surface area contributed by atoms with Crippen LogP contribution in [0.25, 0.3) is 0 Å². The zero-order valence-corrected chi connectivity index (χ0v) is 13.9. The quantitative estimate of drug-likeness (QED) is 0.876. The molecule has 0 saturated heterocycles. The first kappa shape index (κ1) is 16.7. The average molecular weight is 337 g/mol. The van der Waals surface area contributed by atoms with Crippen molar-refractivity contribution in [3.05, 3.63) is 42.7 Å². The summed E-state index contributed by atoms with van der Waals surface area (Å²) in [5.41, 5.74) is 0.214. The molecule has 128 valence electrons. The lowest BCUT2D eigenvalue weighted by Crippen LogP contribution is -2.40. The summed E-state index contributed by atoms with van der Waals surface area (Å²) in [4.78, 5) is 24.6. The van der Waals surface area contributed by atoms with Crippen LogP contribution in [0.5, 0.6) is 0 Å². The Morgan fingerprint density at radius 2 is 2.00 bits per heavy atom. The van der Waals surface area contributed by atoms with Gasteiger partial charge in [0, 0.05) is 23.8 Å². The molecule has 2 amide bonds. The summed E-state index contributed by atoms with van der Waals surface area (Å²) in [5, 5.41) is 18.9. The van der Waals surface area contributed by atoms with Crippen molar-refractivity contribution in [2.45, 2.75) is 32.2 Å². The van der Waals surface area contributed by atoms with E-state index in [0.29, 0.717) is 24.2 Å². The third-order valence-electron chi connectivity index (χ3n) is 4.54. The number of rotatable bonds is 5. The number of anilines is 2. The third-order valence-corrected chi connectivity index (χ3v) is 4.54. The predicted octanol–water partition coefficient (Wildman–Crippen LogP) is 2.72. The number of nitrogens with one attached hydrogen (secondary N) is 2. The second kappa shape index (κ2) is 6.77. The topological polar surface area (TPSA) is 99.8 Å². The molecule has 1 fully saturated rings. The van der Waals surface area contributed by atoms with E-state index in [0.717, 1.165) is 6.42 Å². The van der Waals surface area contributed by atoms with Gasteiger partial charge in [0.25, 0.3) is 0 Å². The maximum atomic E-state index is 12.3. The van der Waals surface area contributed by atoms with Crippen molar-refractivity contribution in [3.8, 4) is 6.07 Å². The lowest BCUT2D eigenvalue weighted by molar-refractivity contribution is -0.126. The fourth-order valence-corrected chi connectivity index (χ4v) is 2.72. The van der Waals surface area contributed by atoms with Gasteiger partial charge in [-0.3, -0.25) is 14.3 Å². The van der Waals surface area contributed by atoms with E-state index in [1.807, 2.05) is 0 Å². The summed E-state index contributed by atoms with van der Waals surface area (Å²) >= 11 is 0. The van der Waals surface area contributed by atoms with Crippen molar-refractivity contribution < 1.29 is 9.59 Å². The lowest BCUT2D eigenvalue weighted by atomic mass is 9.69. The van der Waals surface area contributed by atoms with E-state index in [4.69, 9.17) is 0 Å². The van der Waals surface area contributed by atoms with Gasteiger partial charge in [-0.1, -0.05) is 6.07 Å². The van der Waals surface area contributed by atoms with Gasteiger partial charge in [-0.15, -0.1) is 0 Å². The van der Waals surface area contributed by atoms with Crippen LogP contribution in [-0.4, -0.2) is 21.6 Å². The summed E-state index contributed by atoms with van der Waals surface area (Å²) in [6.45, 7) is 1.75. The van der Waals surface area contributed by atoms with Gasteiger partial charge >= 0.3 is 0 Å². The normalized spacial score (nSPS) is 16.2. The highest BCUT2D eigenvalue weighted by molar-refractivity contribution is 5.99. The van der Waals surface area contributed by atoms with E-state index < -0.39 is 11.5 Å². The summed E-state index contributed by atoms with van der Waals surface area (Å²) in [6, 6.07) is 10.3. The largest absolute Gasteiger partial charge is 0.325 e. The zero-order chi connectivity index (χ0) is 17.9. The van der Waals surface area contributed by atoms with Crippen LogP contribution < -0.4 is 10.6 Å². The number of aromatic nitrogens is 2. The first-order valence-electron chi connectivity index (χ1n) is 8.17. The van der Waals surface area contributed by atoms with E-state index in [2.05, 4.69) is 21.8 Å². The molecule has 0 bridgehead atoms. The zero-order valence-electron chi connectivity index (χ0n) is 13.9. The number of carbonyl (C=O) groups is 2. The maximum absolute atomic E-state index is 12.3. The molecule has 7 heteroatoms. The van der Waals surface area contributed by atoms with Crippen LogP contribution >= 0.6 is 0 Å². The van der Waals surface area contributed by atoms with Gasteiger partial charge in [0.05, 0.1) is 6.07 Å². The highest BCUT2D eigenvalue weighted by Gasteiger charge is 2.44. The summed E-state index contributed by atoms with van der Waals surface area (Å²) in [5.74, 6) is -0.491. The van der Waals surface area contributed by atoms with Gasteiger partial charge in [-0.25, -0.2) is 0 Å². The molecule has 1 aromatic carbocycles. The van der Waals surface area contributed by atoms with Crippen molar-refractivity contribution in [3.63, 3.8) is 0 Å². The van der Waals surface area contributed by atoms with Gasteiger partial charge in [0.1, 0.15) is 11.5 Å². The molecule has 0 aliphatic heterocycles. The van der Waals surface area contributed by atoms with E-state index in [-0.39, 0.29) is 11.8 Å². The van der Waals surface area contributed by atoms with Crippen molar-refractivity contribution in [2.24, 2.45) is 5.41 Å². The Balaban J connectivity index is 1.66. The molecular formula is C18H19N5O2. The fraction of sp³-hybridized carbons (Fsp3) is 0.333. The second-order valence-electron chi connectivity index (χ2n) is 6.23. The first-order valence-corrected chi connectivity index (χ1v) is 8.17. The molecule has 1 saturated carbocycles. The molecule has 3 rings (SSSR count). The third kappa shape index (κ3) is 3.38. The van der Waals surface area contributed by atoms with Crippen LogP contribution in [0.3, 0.4) is 0 Å². The molecule has 25 heavy (non-hydrogen) atoms. The van der Waals surface area contributed by atoms with Crippen LogP contribution in [0, 0.1) is 16.7 Å². The van der Waals surface area contributed by atoms with Crippen LogP contribution in [0.2, 0.25) is 0 Å². The van der Waals surface area contributed by atoms with Gasteiger partial charge in [-0.2, -0.15) is 10.4 Å². The Morgan fingerprint density at radius 1 is 1.28 bits per heavy atom. The molecule has 1 atom stereocenters. The van der Waals surface area contributed by atoms with Gasteiger partial charge in [0.2, 0.25) is 11.8 Å². The molecule has 2 aromatic rings. The SMILES string of the molecule is CC(C(=O)Nc1cccc(NC(=O)C2(C#N)CCC2)c1)n1cccn1. The minimum atomic E-state index is -0.909. The maximum Gasteiger partial charge on any atom is 0.248 e. The molecule has 1 aliphatic carbocycles. The van der Waals surface area contributed by atoms with E-state index >= 15 is 0 Å². The smallest absolute Gasteiger partial charge is 0.248 e. The number of nitrogens with zero attached hydrogens (tertiary/aromatic N) is 3. The molecule has 1 unspecified atom stereocenters. The summed E-state index contributed by atoms with van der Waals surface area (Å²) in [7, 11) is 0. The summed E-state index contributed by atoms with van der Waals surface area (Å²) in [6.07, 6.45) is 5.41. The Labute approximate surface area is 145 Å². The Hall–Kier alpha value is -3.14. The van der Waals surface area contributed by atoms with E-state index in [9.17, 15) is 14.9 Å². The number of nitriles is 1. The standard InChI is InChI=1S/C18H19N5O2/c1-13(23-10-4-9-20-23)16(24)21-14-5-2-6-15(11-14)22-17(25)18(12-19)7-3-8-18/h2,4-6,9-11,13H,3,7-8H2,1H3,(H,21,24)(H,22,25). The van der Waals surface area contributed by atoms with Crippen molar-refractivity contribution in [1.29, 1.82) is 5.26 Å². The minimum absolute atomic E-state index is 0.209. The molecule has 0 radical (unpaired) electrons. The summed E-state index contributed by atoms with van der Waals surface area (Å²) < 4.78 is 1.56. The van der Waals surface area contributed by atoms with Gasteiger partial charge in [0.15, 0.2) is 0 Å². The number of hydrogen-bond acceptors (Lipinski definition) is 4. The van der Waals surface area contributed by atoms with Crippen LogP contribution in [0.1, 0.15) is 32.2 Å². The van der Waals surface area contributed by atoms with E-state index in [1.165, 1.54) is 0 Å². The number of benzene rings is 1. The molecule has 1 aliphatic rings. The number of carbonyl (C=O) groups excluding carboxylic acids is 2. The lowest BCUT2D eigenvalue weighted by Gasteiger charge is -2.33. The number of amides is 2.